The Balaban J connectivity index is 2.14. The van der Waals surface area contributed by atoms with Crippen molar-refractivity contribution in [2.45, 2.75) is 0 Å². The summed E-state index contributed by atoms with van der Waals surface area (Å²) < 4.78 is 1.95. The molecular formula is C12H15N4S+. The maximum atomic E-state index is 4.21. The standard InChI is InChI=1S/C12H15N4S/c1-15(2)11-6-4-10(5-7-11)13-14-12-16(3)8-9-17-12/h4-9H,1-3H3/q+1. The smallest absolute Gasteiger partial charge is 0.378 e. The number of aryl methyl sites for hydroxylation is 1. The molecule has 2 aromatic rings. The van der Waals surface area contributed by atoms with Crippen LogP contribution in [0.15, 0.2) is 46.1 Å². The number of rotatable bonds is 3. The Bertz CT molecular complexity index is 514. The summed E-state index contributed by atoms with van der Waals surface area (Å²) >= 11 is 1.57. The van der Waals surface area contributed by atoms with Gasteiger partial charge in [-0.2, -0.15) is 0 Å². The topological polar surface area (TPSA) is 31.8 Å². The lowest BCUT2D eigenvalue weighted by atomic mass is 10.3. The molecule has 0 aliphatic rings. The number of thiazole rings is 1. The lowest BCUT2D eigenvalue weighted by Crippen LogP contribution is -2.23. The molecule has 0 saturated heterocycles. The highest BCUT2D eigenvalue weighted by molar-refractivity contribution is 7.12. The highest BCUT2D eigenvalue weighted by Gasteiger charge is 2.06. The molecule has 0 bridgehead atoms. The average Bonchev–Trinajstić information content (AvgIpc) is 2.73. The van der Waals surface area contributed by atoms with Crippen molar-refractivity contribution in [3.8, 4) is 0 Å². The van der Waals surface area contributed by atoms with Crippen LogP contribution in [0.2, 0.25) is 0 Å². The van der Waals surface area contributed by atoms with Gasteiger partial charge in [-0.1, -0.05) is 0 Å². The SMILES string of the molecule is CN(C)c1ccc(/N=N/c2scc[n+]2C)cc1. The van der Waals surface area contributed by atoms with Crippen molar-refractivity contribution in [3.05, 3.63) is 35.8 Å². The number of hydrogen-bond acceptors (Lipinski definition) is 4. The third-order valence-corrected chi connectivity index (χ3v) is 3.22. The van der Waals surface area contributed by atoms with Crippen LogP contribution in [0.1, 0.15) is 0 Å². The zero-order valence-corrected chi connectivity index (χ0v) is 11.0. The molecule has 0 radical (unpaired) electrons. The summed E-state index contributed by atoms with van der Waals surface area (Å²) in [6.45, 7) is 0. The van der Waals surface area contributed by atoms with E-state index in [2.05, 4.69) is 15.1 Å². The van der Waals surface area contributed by atoms with Crippen LogP contribution in [-0.2, 0) is 7.05 Å². The fourth-order valence-corrected chi connectivity index (χ4v) is 2.02. The van der Waals surface area contributed by atoms with Crippen LogP contribution in [0.25, 0.3) is 0 Å². The molecule has 0 N–H and O–H groups in total. The number of nitrogens with zero attached hydrogens (tertiary/aromatic N) is 4. The van der Waals surface area contributed by atoms with Crippen molar-refractivity contribution in [1.82, 2.24) is 0 Å². The Morgan fingerprint density at radius 2 is 1.82 bits per heavy atom. The van der Waals surface area contributed by atoms with E-state index in [1.807, 2.05) is 61.6 Å². The lowest BCUT2D eigenvalue weighted by Gasteiger charge is -2.11. The molecule has 2 rings (SSSR count). The molecule has 88 valence electrons. The van der Waals surface area contributed by atoms with Gasteiger partial charge in [0.2, 0.25) is 0 Å². The zero-order valence-electron chi connectivity index (χ0n) is 10.2. The van der Waals surface area contributed by atoms with Gasteiger partial charge in [-0.3, -0.25) is 0 Å². The Kier molecular flexibility index (Phi) is 3.49. The van der Waals surface area contributed by atoms with Crippen LogP contribution in [0.4, 0.5) is 16.5 Å². The molecule has 4 nitrogen and oxygen atoms in total. The van der Waals surface area contributed by atoms with E-state index < -0.39 is 0 Å². The van der Waals surface area contributed by atoms with E-state index in [-0.39, 0.29) is 0 Å². The summed E-state index contributed by atoms with van der Waals surface area (Å²) in [6.07, 6.45) is 1.97. The van der Waals surface area contributed by atoms with Crippen molar-refractivity contribution < 1.29 is 4.57 Å². The van der Waals surface area contributed by atoms with Crippen molar-refractivity contribution in [1.29, 1.82) is 0 Å². The second-order valence-corrected chi connectivity index (χ2v) is 4.78. The van der Waals surface area contributed by atoms with Gasteiger partial charge in [0.15, 0.2) is 0 Å². The van der Waals surface area contributed by atoms with Gasteiger partial charge in [-0.25, -0.2) is 4.57 Å². The van der Waals surface area contributed by atoms with Crippen LogP contribution in [-0.4, -0.2) is 14.1 Å². The van der Waals surface area contributed by atoms with E-state index in [9.17, 15) is 0 Å². The molecule has 0 aliphatic carbocycles. The van der Waals surface area contributed by atoms with Crippen molar-refractivity contribution in [2.75, 3.05) is 19.0 Å². The molecular weight excluding hydrogens is 232 g/mol. The number of azo groups is 1. The molecule has 0 aliphatic heterocycles. The molecule has 0 saturated carbocycles. The molecule has 1 heterocycles. The normalized spacial score (nSPS) is 11.0. The molecule has 0 amide bonds. The van der Waals surface area contributed by atoms with Crippen molar-refractivity contribution >= 4 is 27.8 Å². The Morgan fingerprint density at radius 1 is 1.12 bits per heavy atom. The number of benzene rings is 1. The van der Waals surface area contributed by atoms with E-state index in [4.69, 9.17) is 0 Å². The van der Waals surface area contributed by atoms with Crippen LogP contribution in [0, 0.1) is 0 Å². The van der Waals surface area contributed by atoms with Gasteiger partial charge in [0.05, 0.1) is 12.2 Å². The third kappa shape index (κ3) is 2.88. The van der Waals surface area contributed by atoms with Crippen LogP contribution >= 0.6 is 11.3 Å². The van der Waals surface area contributed by atoms with Gasteiger partial charge >= 0.3 is 5.13 Å². The summed E-state index contributed by atoms with van der Waals surface area (Å²) in [4.78, 5) is 2.06. The zero-order chi connectivity index (χ0) is 12.3. The first-order valence-electron chi connectivity index (χ1n) is 5.29. The largest absolute Gasteiger partial charge is 0.408 e. The van der Waals surface area contributed by atoms with Gasteiger partial charge in [-0.05, 0) is 40.7 Å². The quantitative estimate of drug-likeness (QED) is 0.606. The molecule has 0 atom stereocenters. The minimum atomic E-state index is 0.865. The van der Waals surface area contributed by atoms with Gasteiger partial charge in [0.25, 0.3) is 0 Å². The minimum absolute atomic E-state index is 0.865. The van der Waals surface area contributed by atoms with E-state index >= 15 is 0 Å². The number of aromatic nitrogens is 1. The summed E-state index contributed by atoms with van der Waals surface area (Å²) in [5, 5.41) is 11.3. The summed E-state index contributed by atoms with van der Waals surface area (Å²) in [6, 6.07) is 7.99. The molecule has 17 heavy (non-hydrogen) atoms. The Hall–Kier alpha value is -1.75. The monoisotopic (exact) mass is 247 g/mol. The van der Waals surface area contributed by atoms with E-state index in [0.29, 0.717) is 0 Å². The fourth-order valence-electron chi connectivity index (χ4n) is 1.34. The predicted octanol–water partition coefficient (Wildman–Crippen LogP) is 3.05. The molecule has 0 unspecified atom stereocenters. The Morgan fingerprint density at radius 3 is 2.35 bits per heavy atom. The van der Waals surface area contributed by atoms with E-state index in [1.165, 1.54) is 0 Å². The first kappa shape index (κ1) is 11.7. The third-order valence-electron chi connectivity index (χ3n) is 2.38. The van der Waals surface area contributed by atoms with Gasteiger partial charge < -0.3 is 4.90 Å². The molecule has 1 aromatic carbocycles. The highest BCUT2D eigenvalue weighted by atomic mass is 32.1. The molecule has 1 aromatic heterocycles. The maximum Gasteiger partial charge on any atom is 0.408 e. The average molecular weight is 247 g/mol. The van der Waals surface area contributed by atoms with E-state index in [1.54, 1.807) is 11.3 Å². The summed E-state index contributed by atoms with van der Waals surface area (Å²) in [5.74, 6) is 0. The van der Waals surface area contributed by atoms with Crippen LogP contribution in [0.3, 0.4) is 0 Å². The van der Waals surface area contributed by atoms with Gasteiger partial charge in [-0.15, -0.1) is 0 Å². The second-order valence-electron chi connectivity index (χ2n) is 3.91. The summed E-state index contributed by atoms with van der Waals surface area (Å²) in [7, 11) is 5.99. The van der Waals surface area contributed by atoms with Crippen molar-refractivity contribution in [3.63, 3.8) is 0 Å². The second kappa shape index (κ2) is 5.05. The first-order chi connectivity index (χ1) is 8.16. The fraction of sp³-hybridized carbons (Fsp3) is 0.250. The van der Waals surface area contributed by atoms with Crippen LogP contribution in [0.5, 0.6) is 0 Å². The lowest BCUT2D eigenvalue weighted by molar-refractivity contribution is -0.654. The van der Waals surface area contributed by atoms with Gasteiger partial charge in [0.1, 0.15) is 11.9 Å². The molecule has 5 heteroatoms. The minimum Gasteiger partial charge on any atom is -0.378 e. The molecule has 0 spiro atoms. The van der Waals surface area contributed by atoms with Crippen molar-refractivity contribution in [2.24, 2.45) is 17.3 Å². The molecule has 0 fully saturated rings. The Labute approximate surface area is 105 Å². The van der Waals surface area contributed by atoms with Gasteiger partial charge in [0, 0.05) is 25.2 Å². The summed E-state index contributed by atoms with van der Waals surface area (Å²) in [5.41, 5.74) is 2.02. The predicted molar refractivity (Wildman–Crippen MR) is 70.4 cm³/mol. The number of hydrogen-bond donors (Lipinski definition) is 0. The highest BCUT2D eigenvalue weighted by Crippen LogP contribution is 2.21. The first-order valence-corrected chi connectivity index (χ1v) is 6.17. The number of anilines is 1. The van der Waals surface area contributed by atoms with Crippen LogP contribution < -0.4 is 9.47 Å². The maximum absolute atomic E-state index is 4.21. The van der Waals surface area contributed by atoms with E-state index in [0.717, 1.165) is 16.5 Å².